The summed E-state index contributed by atoms with van der Waals surface area (Å²) in [5.74, 6) is -0.166. The molecule has 2 rings (SSSR count). The molecule has 0 aliphatic heterocycles. The van der Waals surface area contributed by atoms with Crippen LogP contribution < -0.4 is 4.57 Å². The number of fused-ring (bicyclic) bond motifs is 1. The van der Waals surface area contributed by atoms with Gasteiger partial charge in [0.05, 0.1) is 11.5 Å². The van der Waals surface area contributed by atoms with E-state index in [-0.39, 0.29) is 11.5 Å². The molecule has 1 aromatic heterocycles. The monoisotopic (exact) mass is 222 g/mol. The zero-order valence-corrected chi connectivity index (χ0v) is 9.38. The molecule has 0 aliphatic rings. The number of aromatic nitrogens is 1. The lowest BCUT2D eigenvalue weighted by Gasteiger charge is -2.04. The van der Waals surface area contributed by atoms with E-state index in [2.05, 4.69) is 0 Å². The van der Waals surface area contributed by atoms with Crippen molar-refractivity contribution >= 4 is 22.7 Å². The van der Waals surface area contributed by atoms with Crippen molar-refractivity contribution in [1.82, 2.24) is 0 Å². The van der Waals surface area contributed by atoms with Crippen LogP contribution in [-0.2, 0) is 7.05 Å². The lowest BCUT2D eigenvalue weighted by atomic mass is 10.2. The molecule has 15 heavy (non-hydrogen) atoms. The Balaban J connectivity index is 2.88. The highest BCUT2D eigenvalue weighted by Gasteiger charge is 2.12. The van der Waals surface area contributed by atoms with E-state index >= 15 is 0 Å². The zero-order chi connectivity index (χ0) is 11.0. The Morgan fingerprint density at radius 3 is 2.53 bits per heavy atom. The van der Waals surface area contributed by atoms with E-state index < -0.39 is 0 Å². The molecule has 0 atom stereocenters. The lowest BCUT2D eigenvalue weighted by molar-refractivity contribution is -0.645. The Kier molecular flexibility index (Phi) is 2.44. The largest absolute Gasteiger partial charge is 0.504 e. The quantitative estimate of drug-likeness (QED) is 0.439. The number of pyridine rings is 1. The zero-order valence-electron chi connectivity index (χ0n) is 8.56. The molecule has 0 saturated carbocycles. The molecular weight excluding hydrogens is 210 g/mol. The van der Waals surface area contributed by atoms with Crippen molar-refractivity contribution in [2.24, 2.45) is 7.05 Å². The smallest absolute Gasteiger partial charge is 0.217 e. The molecule has 1 aromatic carbocycles. The third-order valence-electron chi connectivity index (χ3n) is 2.41. The maximum Gasteiger partial charge on any atom is 0.217 e. The molecule has 2 N–H and O–H groups in total. The summed E-state index contributed by atoms with van der Waals surface area (Å²) >= 11 is 1.62. The summed E-state index contributed by atoms with van der Waals surface area (Å²) < 4.78 is 1.91. The standard InChI is InChI=1S/C11H11NO2S/c1-12-4-3-11(15-2)7-5-9(13)10(14)6-8(7)12/h3-6,13H,1-2H3/p+1. The molecule has 0 amide bonds. The van der Waals surface area contributed by atoms with Crippen LogP contribution in [0.15, 0.2) is 29.3 Å². The Labute approximate surface area is 92.0 Å². The fourth-order valence-electron chi connectivity index (χ4n) is 1.58. The summed E-state index contributed by atoms with van der Waals surface area (Å²) in [6.45, 7) is 0. The molecule has 0 fully saturated rings. The van der Waals surface area contributed by atoms with E-state index in [0.717, 1.165) is 15.8 Å². The van der Waals surface area contributed by atoms with Crippen molar-refractivity contribution in [2.75, 3.05) is 6.26 Å². The van der Waals surface area contributed by atoms with Crippen LogP contribution in [0.25, 0.3) is 10.9 Å². The molecule has 4 heteroatoms. The average molecular weight is 222 g/mol. The number of nitrogens with zero attached hydrogens (tertiary/aromatic N) is 1. The number of aryl methyl sites for hydroxylation is 1. The molecule has 0 aliphatic carbocycles. The first-order chi connectivity index (χ1) is 7.13. The molecule has 0 saturated heterocycles. The first kappa shape index (κ1) is 10.1. The average Bonchev–Trinajstić information content (AvgIpc) is 2.22. The molecular formula is C11H12NO2S+. The van der Waals surface area contributed by atoms with Crippen LogP contribution in [0.2, 0.25) is 0 Å². The number of benzene rings is 1. The summed E-state index contributed by atoms with van der Waals surface area (Å²) in [4.78, 5) is 1.08. The van der Waals surface area contributed by atoms with Crippen LogP contribution in [0.4, 0.5) is 0 Å². The number of phenols is 2. The van der Waals surface area contributed by atoms with Crippen LogP contribution in [0.3, 0.4) is 0 Å². The summed E-state index contributed by atoms with van der Waals surface area (Å²) in [5.41, 5.74) is 0.900. The van der Waals surface area contributed by atoms with Crippen LogP contribution in [0.5, 0.6) is 11.5 Å². The van der Waals surface area contributed by atoms with Gasteiger partial charge >= 0.3 is 0 Å². The third kappa shape index (κ3) is 1.61. The first-order valence-corrected chi connectivity index (χ1v) is 5.74. The molecule has 3 nitrogen and oxygen atoms in total. The second-order valence-electron chi connectivity index (χ2n) is 3.35. The van der Waals surface area contributed by atoms with E-state index in [1.54, 1.807) is 23.9 Å². The first-order valence-electron chi connectivity index (χ1n) is 4.52. The molecule has 78 valence electrons. The number of hydrogen-bond donors (Lipinski definition) is 2. The summed E-state index contributed by atoms with van der Waals surface area (Å²) in [6.07, 6.45) is 3.92. The molecule has 1 heterocycles. The Hall–Kier alpha value is -1.42. The second-order valence-corrected chi connectivity index (χ2v) is 4.20. The molecule has 0 spiro atoms. The summed E-state index contributed by atoms with van der Waals surface area (Å²) in [6, 6.07) is 5.16. The number of hydrogen-bond acceptors (Lipinski definition) is 3. The van der Waals surface area contributed by atoms with Gasteiger partial charge in [0.2, 0.25) is 5.52 Å². The predicted molar refractivity (Wildman–Crippen MR) is 60.2 cm³/mol. The van der Waals surface area contributed by atoms with E-state index in [0.29, 0.717) is 0 Å². The minimum atomic E-state index is -0.0867. The minimum Gasteiger partial charge on any atom is -0.504 e. The van der Waals surface area contributed by atoms with E-state index in [1.165, 1.54) is 0 Å². The molecule has 0 unspecified atom stereocenters. The number of thioether (sulfide) groups is 1. The van der Waals surface area contributed by atoms with Gasteiger partial charge < -0.3 is 10.2 Å². The van der Waals surface area contributed by atoms with Crippen molar-refractivity contribution in [3.63, 3.8) is 0 Å². The lowest BCUT2D eigenvalue weighted by Crippen LogP contribution is -2.28. The van der Waals surface area contributed by atoms with Gasteiger partial charge in [-0.2, -0.15) is 0 Å². The topological polar surface area (TPSA) is 44.3 Å². The maximum atomic E-state index is 9.46. The SMILES string of the molecule is CSc1cc[n+](C)c2cc(O)c(O)cc12. The van der Waals surface area contributed by atoms with Gasteiger partial charge in [-0.15, -0.1) is 11.8 Å². The van der Waals surface area contributed by atoms with Gasteiger partial charge in [-0.25, -0.2) is 4.57 Å². The van der Waals surface area contributed by atoms with Gasteiger partial charge in [0.1, 0.15) is 7.05 Å². The highest BCUT2D eigenvalue weighted by molar-refractivity contribution is 7.98. The summed E-state index contributed by atoms with van der Waals surface area (Å²) in [7, 11) is 1.91. The highest BCUT2D eigenvalue weighted by atomic mass is 32.2. The van der Waals surface area contributed by atoms with Crippen LogP contribution in [-0.4, -0.2) is 16.5 Å². The maximum absolute atomic E-state index is 9.46. The van der Waals surface area contributed by atoms with Crippen molar-refractivity contribution in [3.05, 3.63) is 24.4 Å². The van der Waals surface area contributed by atoms with Crippen molar-refractivity contribution in [1.29, 1.82) is 0 Å². The van der Waals surface area contributed by atoms with Crippen LogP contribution in [0, 0.1) is 0 Å². The summed E-state index contributed by atoms with van der Waals surface area (Å²) in [5, 5.41) is 19.8. The molecule has 0 bridgehead atoms. The van der Waals surface area contributed by atoms with Gasteiger partial charge in [-0.3, -0.25) is 0 Å². The molecule has 2 aromatic rings. The number of rotatable bonds is 1. The predicted octanol–water partition coefficient (Wildman–Crippen LogP) is 1.80. The van der Waals surface area contributed by atoms with Gasteiger partial charge in [-0.05, 0) is 12.3 Å². The van der Waals surface area contributed by atoms with Crippen molar-refractivity contribution < 1.29 is 14.8 Å². The fraction of sp³-hybridized carbons (Fsp3) is 0.182. The van der Waals surface area contributed by atoms with Crippen LogP contribution >= 0.6 is 11.8 Å². The van der Waals surface area contributed by atoms with Crippen molar-refractivity contribution in [2.45, 2.75) is 4.90 Å². The van der Waals surface area contributed by atoms with Gasteiger partial charge in [0, 0.05) is 11.0 Å². The van der Waals surface area contributed by atoms with E-state index in [9.17, 15) is 10.2 Å². The van der Waals surface area contributed by atoms with E-state index in [4.69, 9.17) is 0 Å². The Morgan fingerprint density at radius 1 is 1.20 bits per heavy atom. The van der Waals surface area contributed by atoms with Gasteiger partial charge in [-0.1, -0.05) is 0 Å². The molecule has 0 radical (unpaired) electrons. The van der Waals surface area contributed by atoms with Gasteiger partial charge in [0.15, 0.2) is 17.7 Å². The Morgan fingerprint density at radius 2 is 1.87 bits per heavy atom. The second kappa shape index (κ2) is 3.62. The van der Waals surface area contributed by atoms with Gasteiger partial charge in [0.25, 0.3) is 0 Å². The Bertz CT molecular complexity index is 525. The van der Waals surface area contributed by atoms with Crippen molar-refractivity contribution in [3.8, 4) is 11.5 Å². The number of phenolic OH excluding ortho intramolecular Hbond substituents is 2. The minimum absolute atomic E-state index is 0.0796. The van der Waals surface area contributed by atoms with Crippen LogP contribution in [0.1, 0.15) is 0 Å². The normalized spacial score (nSPS) is 10.8. The fourth-order valence-corrected chi connectivity index (χ4v) is 2.16. The third-order valence-corrected chi connectivity index (χ3v) is 3.20. The highest BCUT2D eigenvalue weighted by Crippen LogP contribution is 2.32. The number of aromatic hydroxyl groups is 2. The van der Waals surface area contributed by atoms with E-state index in [1.807, 2.05) is 30.1 Å².